The van der Waals surface area contributed by atoms with Crippen LogP contribution in [0, 0.1) is 5.82 Å². The summed E-state index contributed by atoms with van der Waals surface area (Å²) in [4.78, 5) is 11.6. The van der Waals surface area contributed by atoms with Gasteiger partial charge in [-0.1, -0.05) is 12.1 Å². The van der Waals surface area contributed by atoms with Crippen molar-refractivity contribution in [1.82, 2.24) is 4.57 Å². The van der Waals surface area contributed by atoms with E-state index in [0.29, 0.717) is 4.57 Å². The molecule has 0 atom stereocenters. The van der Waals surface area contributed by atoms with E-state index in [1.54, 1.807) is 0 Å². The van der Waals surface area contributed by atoms with Crippen LogP contribution in [-0.4, -0.2) is 4.57 Å². The molecule has 2 aromatic rings. The summed E-state index contributed by atoms with van der Waals surface area (Å²) in [6.45, 7) is -0.513. The van der Waals surface area contributed by atoms with Gasteiger partial charge >= 0.3 is 6.18 Å². The standard InChI is InChI=1S/C13H10F4N2O/c14-10-6-9(18)5-4-8(10)7-19-11(13(15,16)17)2-1-3-12(19)20/h1-6H,7,18H2. The Morgan fingerprint density at radius 2 is 1.85 bits per heavy atom. The SMILES string of the molecule is Nc1ccc(Cn2c(C(F)(F)F)cccc2=O)c(F)c1. The minimum atomic E-state index is -4.69. The van der Waals surface area contributed by atoms with Crippen LogP contribution in [0.5, 0.6) is 0 Å². The molecule has 20 heavy (non-hydrogen) atoms. The summed E-state index contributed by atoms with van der Waals surface area (Å²) in [5, 5.41) is 0. The number of rotatable bonds is 2. The van der Waals surface area contributed by atoms with E-state index < -0.39 is 29.8 Å². The van der Waals surface area contributed by atoms with Gasteiger partial charge in [0.1, 0.15) is 11.5 Å². The van der Waals surface area contributed by atoms with Crippen LogP contribution < -0.4 is 11.3 Å². The Morgan fingerprint density at radius 3 is 2.45 bits per heavy atom. The molecule has 0 fully saturated rings. The van der Waals surface area contributed by atoms with E-state index in [0.717, 1.165) is 24.3 Å². The Labute approximate surface area is 111 Å². The monoisotopic (exact) mass is 286 g/mol. The zero-order chi connectivity index (χ0) is 14.9. The fourth-order valence-corrected chi connectivity index (χ4v) is 1.79. The zero-order valence-corrected chi connectivity index (χ0v) is 10.1. The number of hydrogen-bond acceptors (Lipinski definition) is 2. The molecular formula is C13H10F4N2O. The first-order valence-electron chi connectivity index (χ1n) is 5.60. The van der Waals surface area contributed by atoms with Crippen LogP contribution in [0.2, 0.25) is 0 Å². The maximum absolute atomic E-state index is 13.6. The fraction of sp³-hybridized carbons (Fsp3) is 0.154. The summed E-state index contributed by atoms with van der Waals surface area (Å²) < 4.78 is 52.6. The lowest BCUT2D eigenvalue weighted by Gasteiger charge is -2.15. The van der Waals surface area contributed by atoms with Gasteiger partial charge in [-0.05, 0) is 18.2 Å². The molecule has 1 heterocycles. The third-order valence-electron chi connectivity index (χ3n) is 2.75. The molecule has 106 valence electrons. The van der Waals surface area contributed by atoms with E-state index in [1.807, 2.05) is 0 Å². The van der Waals surface area contributed by atoms with Gasteiger partial charge in [0.15, 0.2) is 0 Å². The molecule has 0 aliphatic heterocycles. The van der Waals surface area contributed by atoms with E-state index in [-0.39, 0.29) is 11.3 Å². The predicted octanol–water partition coefficient (Wildman–Crippen LogP) is 2.64. The number of aromatic nitrogens is 1. The maximum Gasteiger partial charge on any atom is 0.431 e. The highest BCUT2D eigenvalue weighted by Crippen LogP contribution is 2.28. The van der Waals surface area contributed by atoms with Crippen molar-refractivity contribution in [3.05, 3.63) is 63.8 Å². The summed E-state index contributed by atoms with van der Waals surface area (Å²) in [7, 11) is 0. The number of pyridine rings is 1. The molecule has 1 aromatic heterocycles. The van der Waals surface area contributed by atoms with Crippen LogP contribution in [0.1, 0.15) is 11.3 Å². The number of nitrogen functional groups attached to an aromatic ring is 1. The van der Waals surface area contributed by atoms with Crippen LogP contribution in [-0.2, 0) is 12.7 Å². The number of halogens is 4. The van der Waals surface area contributed by atoms with E-state index >= 15 is 0 Å². The van der Waals surface area contributed by atoms with Crippen molar-refractivity contribution in [1.29, 1.82) is 0 Å². The fourth-order valence-electron chi connectivity index (χ4n) is 1.79. The molecule has 2 rings (SSSR count). The smallest absolute Gasteiger partial charge is 0.399 e. The molecule has 0 aliphatic carbocycles. The summed E-state index contributed by atoms with van der Waals surface area (Å²) in [5.41, 5.74) is 3.50. The van der Waals surface area contributed by atoms with Gasteiger partial charge in [-0.25, -0.2) is 4.39 Å². The molecule has 0 spiro atoms. The highest BCUT2D eigenvalue weighted by Gasteiger charge is 2.34. The number of anilines is 1. The largest absolute Gasteiger partial charge is 0.431 e. The number of benzene rings is 1. The first kappa shape index (κ1) is 14.1. The van der Waals surface area contributed by atoms with Gasteiger partial charge < -0.3 is 5.73 Å². The van der Waals surface area contributed by atoms with E-state index in [9.17, 15) is 22.4 Å². The van der Waals surface area contributed by atoms with Crippen LogP contribution >= 0.6 is 0 Å². The number of nitrogens with zero attached hydrogens (tertiary/aromatic N) is 1. The molecule has 0 aliphatic rings. The lowest BCUT2D eigenvalue weighted by Crippen LogP contribution is -2.27. The van der Waals surface area contributed by atoms with Gasteiger partial charge in [0.2, 0.25) is 0 Å². The van der Waals surface area contributed by atoms with Gasteiger partial charge in [0.05, 0.1) is 6.54 Å². The Bertz CT molecular complexity index is 692. The average molecular weight is 286 g/mol. The summed E-state index contributed by atoms with van der Waals surface area (Å²) in [5.74, 6) is -0.756. The summed E-state index contributed by atoms with van der Waals surface area (Å²) >= 11 is 0. The molecule has 2 N–H and O–H groups in total. The highest BCUT2D eigenvalue weighted by atomic mass is 19.4. The molecule has 0 saturated carbocycles. The second-order valence-corrected chi connectivity index (χ2v) is 4.18. The van der Waals surface area contributed by atoms with Gasteiger partial charge in [0.25, 0.3) is 5.56 Å². The van der Waals surface area contributed by atoms with E-state index in [4.69, 9.17) is 5.73 Å². The van der Waals surface area contributed by atoms with Crippen molar-refractivity contribution < 1.29 is 17.6 Å². The minimum absolute atomic E-state index is 0.0435. The molecule has 0 saturated heterocycles. The Balaban J connectivity index is 2.51. The van der Waals surface area contributed by atoms with Crippen LogP contribution in [0.25, 0.3) is 0 Å². The normalized spacial score (nSPS) is 11.6. The molecule has 7 heteroatoms. The molecule has 0 amide bonds. The van der Waals surface area contributed by atoms with Crippen LogP contribution in [0.15, 0.2) is 41.2 Å². The minimum Gasteiger partial charge on any atom is -0.399 e. The zero-order valence-electron chi connectivity index (χ0n) is 10.1. The Morgan fingerprint density at radius 1 is 1.15 bits per heavy atom. The van der Waals surface area contributed by atoms with Crippen LogP contribution in [0.3, 0.4) is 0 Å². The van der Waals surface area contributed by atoms with Crippen molar-refractivity contribution in [3.8, 4) is 0 Å². The second-order valence-electron chi connectivity index (χ2n) is 4.18. The third kappa shape index (κ3) is 2.81. The lowest BCUT2D eigenvalue weighted by molar-refractivity contribution is -0.144. The Kier molecular flexibility index (Phi) is 3.52. The maximum atomic E-state index is 13.6. The van der Waals surface area contributed by atoms with Gasteiger partial charge in [-0.15, -0.1) is 0 Å². The Hall–Kier alpha value is -2.31. The lowest BCUT2D eigenvalue weighted by atomic mass is 10.2. The summed E-state index contributed by atoms with van der Waals surface area (Å²) in [6, 6.07) is 6.39. The number of hydrogen-bond donors (Lipinski definition) is 1. The van der Waals surface area contributed by atoms with Crippen molar-refractivity contribution in [2.45, 2.75) is 12.7 Å². The number of alkyl halides is 3. The van der Waals surface area contributed by atoms with Crippen molar-refractivity contribution >= 4 is 5.69 Å². The van der Waals surface area contributed by atoms with Gasteiger partial charge in [-0.2, -0.15) is 13.2 Å². The molecule has 0 unspecified atom stereocenters. The van der Waals surface area contributed by atoms with E-state index in [1.165, 1.54) is 12.1 Å². The van der Waals surface area contributed by atoms with Crippen molar-refractivity contribution in [2.24, 2.45) is 0 Å². The molecule has 0 radical (unpaired) electrons. The third-order valence-corrected chi connectivity index (χ3v) is 2.75. The first-order chi connectivity index (χ1) is 9.29. The quantitative estimate of drug-likeness (QED) is 0.681. The molecule has 3 nitrogen and oxygen atoms in total. The molecule has 1 aromatic carbocycles. The van der Waals surface area contributed by atoms with Gasteiger partial charge in [-0.3, -0.25) is 9.36 Å². The first-order valence-corrected chi connectivity index (χ1v) is 5.60. The molecule has 0 bridgehead atoms. The highest BCUT2D eigenvalue weighted by molar-refractivity contribution is 5.40. The predicted molar refractivity (Wildman–Crippen MR) is 65.6 cm³/mol. The van der Waals surface area contributed by atoms with Crippen molar-refractivity contribution in [2.75, 3.05) is 5.73 Å². The van der Waals surface area contributed by atoms with Crippen molar-refractivity contribution in [3.63, 3.8) is 0 Å². The summed E-state index contributed by atoms with van der Waals surface area (Å²) in [6.07, 6.45) is -4.69. The average Bonchev–Trinajstić information content (AvgIpc) is 2.33. The van der Waals surface area contributed by atoms with Crippen LogP contribution in [0.4, 0.5) is 23.2 Å². The molecular weight excluding hydrogens is 276 g/mol. The van der Waals surface area contributed by atoms with E-state index in [2.05, 4.69) is 0 Å². The van der Waals surface area contributed by atoms with Gasteiger partial charge in [0, 0.05) is 17.3 Å². The second kappa shape index (κ2) is 4.99. The number of nitrogens with two attached hydrogens (primary N) is 1. The topological polar surface area (TPSA) is 48.0 Å².